The van der Waals surface area contributed by atoms with Gasteiger partial charge in [0, 0.05) is 45.3 Å². The van der Waals surface area contributed by atoms with Gasteiger partial charge in [-0.15, -0.1) is 0 Å². The van der Waals surface area contributed by atoms with Gasteiger partial charge in [-0.2, -0.15) is 0 Å². The SMILES string of the molecule is C1=C(n2c3ccccc3c3ccccc32)CC(c2ccccc2)C2=C1B1c3ccccc3-n3c4ccccc4c4ccc(c1c43)O2. The number of rotatable bonds is 2. The normalized spacial score (nSPS) is 16.6. The fourth-order valence-electron chi connectivity index (χ4n) is 8.73. The predicted molar refractivity (Wildman–Crippen MR) is 191 cm³/mol. The Hall–Kier alpha value is -5.74. The summed E-state index contributed by atoms with van der Waals surface area (Å²) < 4.78 is 12.1. The first kappa shape index (κ1) is 24.6. The van der Waals surface area contributed by atoms with Crippen LogP contribution in [0.3, 0.4) is 0 Å². The van der Waals surface area contributed by atoms with Crippen molar-refractivity contribution in [2.45, 2.75) is 12.3 Å². The summed E-state index contributed by atoms with van der Waals surface area (Å²) >= 11 is 0. The maximum Gasteiger partial charge on any atom is 0.256 e. The fraction of sp³-hybridized carbons (Fsp3) is 0.0476. The van der Waals surface area contributed by atoms with E-state index in [9.17, 15) is 0 Å². The Labute approximate surface area is 266 Å². The summed E-state index contributed by atoms with van der Waals surface area (Å²) in [4.78, 5) is 0. The second-order valence-electron chi connectivity index (χ2n) is 12.8. The van der Waals surface area contributed by atoms with Gasteiger partial charge in [0.05, 0.1) is 22.1 Å². The van der Waals surface area contributed by atoms with Crippen molar-refractivity contribution in [1.29, 1.82) is 0 Å². The Kier molecular flexibility index (Phi) is 4.77. The summed E-state index contributed by atoms with van der Waals surface area (Å²) in [5.74, 6) is 2.14. The molecular weight excluding hydrogens is 559 g/mol. The Morgan fingerprint density at radius 1 is 0.565 bits per heavy atom. The molecule has 0 saturated carbocycles. The zero-order valence-corrected chi connectivity index (χ0v) is 25.0. The predicted octanol–water partition coefficient (Wildman–Crippen LogP) is 8.73. The van der Waals surface area contributed by atoms with E-state index in [1.54, 1.807) is 0 Å². The third-order valence-electron chi connectivity index (χ3n) is 10.5. The van der Waals surface area contributed by atoms with Gasteiger partial charge in [-0.1, -0.05) is 103 Å². The van der Waals surface area contributed by atoms with Crippen molar-refractivity contribution in [3.63, 3.8) is 0 Å². The highest BCUT2D eigenvalue weighted by Crippen LogP contribution is 2.47. The van der Waals surface area contributed by atoms with Crippen LogP contribution in [0.15, 0.2) is 157 Å². The fourth-order valence-corrected chi connectivity index (χ4v) is 8.73. The molecule has 6 aromatic carbocycles. The van der Waals surface area contributed by atoms with Crippen LogP contribution >= 0.6 is 0 Å². The molecule has 1 atom stereocenters. The molecule has 8 aromatic rings. The molecule has 3 aliphatic rings. The highest BCUT2D eigenvalue weighted by atomic mass is 16.5. The van der Waals surface area contributed by atoms with Crippen LogP contribution in [0.1, 0.15) is 17.9 Å². The molecule has 0 spiro atoms. The van der Waals surface area contributed by atoms with Gasteiger partial charge in [-0.25, -0.2) is 0 Å². The van der Waals surface area contributed by atoms with Crippen LogP contribution < -0.4 is 15.7 Å². The van der Waals surface area contributed by atoms with Gasteiger partial charge in [-0.05, 0) is 64.4 Å². The van der Waals surface area contributed by atoms with Crippen molar-refractivity contribution in [2.24, 2.45) is 0 Å². The zero-order chi connectivity index (χ0) is 29.9. The molecule has 3 nitrogen and oxygen atoms in total. The van der Waals surface area contributed by atoms with E-state index in [-0.39, 0.29) is 12.6 Å². The minimum Gasteiger partial charge on any atom is -0.462 e. The molecular formula is C42H27BN2O. The van der Waals surface area contributed by atoms with E-state index in [1.165, 1.54) is 77.0 Å². The van der Waals surface area contributed by atoms with Crippen molar-refractivity contribution >= 4 is 66.9 Å². The lowest BCUT2D eigenvalue weighted by atomic mass is 9.33. The smallest absolute Gasteiger partial charge is 0.256 e. The zero-order valence-electron chi connectivity index (χ0n) is 25.0. The average Bonchev–Trinajstić information content (AvgIpc) is 3.64. The summed E-state index contributed by atoms with van der Waals surface area (Å²) in [5.41, 5.74) is 12.7. The minimum atomic E-state index is 0.0602. The van der Waals surface area contributed by atoms with Crippen molar-refractivity contribution < 1.29 is 4.74 Å². The van der Waals surface area contributed by atoms with Crippen LogP contribution in [0.5, 0.6) is 5.75 Å². The molecule has 214 valence electrons. The van der Waals surface area contributed by atoms with Crippen LogP contribution in [0.25, 0.3) is 55.0 Å². The van der Waals surface area contributed by atoms with Crippen molar-refractivity contribution in [3.05, 3.63) is 162 Å². The molecule has 0 radical (unpaired) electrons. The molecule has 1 unspecified atom stereocenters. The molecule has 11 rings (SSSR count). The lowest BCUT2D eigenvalue weighted by Gasteiger charge is -2.38. The van der Waals surface area contributed by atoms with Gasteiger partial charge in [0.2, 0.25) is 0 Å². The quantitative estimate of drug-likeness (QED) is 0.186. The number of hydrogen-bond acceptors (Lipinski definition) is 1. The van der Waals surface area contributed by atoms with Crippen LogP contribution in [-0.2, 0) is 0 Å². The van der Waals surface area contributed by atoms with Gasteiger partial charge >= 0.3 is 0 Å². The molecule has 1 aliphatic carbocycles. The van der Waals surface area contributed by atoms with Crippen molar-refractivity contribution in [1.82, 2.24) is 9.13 Å². The van der Waals surface area contributed by atoms with E-state index in [0.717, 1.165) is 17.9 Å². The summed E-state index contributed by atoms with van der Waals surface area (Å²) in [5, 5.41) is 5.13. The largest absolute Gasteiger partial charge is 0.462 e. The van der Waals surface area contributed by atoms with E-state index in [0.29, 0.717) is 0 Å². The second kappa shape index (κ2) is 8.92. The molecule has 46 heavy (non-hydrogen) atoms. The highest BCUT2D eigenvalue weighted by molar-refractivity contribution is 6.95. The van der Waals surface area contributed by atoms with E-state index in [2.05, 4.69) is 155 Å². The molecule has 4 heterocycles. The molecule has 2 aromatic heterocycles. The number of hydrogen-bond donors (Lipinski definition) is 0. The van der Waals surface area contributed by atoms with E-state index < -0.39 is 0 Å². The summed E-state index contributed by atoms with van der Waals surface area (Å²) in [6, 6.07) is 50.9. The van der Waals surface area contributed by atoms with E-state index in [1.807, 2.05) is 0 Å². The molecule has 0 amide bonds. The topological polar surface area (TPSA) is 19.1 Å². The third-order valence-corrected chi connectivity index (χ3v) is 10.5. The Morgan fingerprint density at radius 3 is 1.91 bits per heavy atom. The standard InChI is InChI=1S/C42H27BN2O/c1-2-12-26(13-3-1)32-24-27(44-35-18-8-4-14-28(35)29-15-5-9-19-36(29)44)25-34-42(32)46-39-23-22-31-30-16-6-10-20-37(30)45-38-21-11-7-17-33(38)43(34)40(39)41(31)45/h1-23,25,32H,24H2. The van der Waals surface area contributed by atoms with E-state index >= 15 is 0 Å². The monoisotopic (exact) mass is 586 g/mol. The Balaban J connectivity index is 1.25. The number of benzene rings is 6. The molecule has 0 N–H and O–H groups in total. The van der Waals surface area contributed by atoms with Gasteiger partial charge in [-0.3, -0.25) is 0 Å². The third kappa shape index (κ3) is 3.08. The van der Waals surface area contributed by atoms with Crippen molar-refractivity contribution in [3.8, 4) is 11.4 Å². The Bertz CT molecular complexity index is 2600. The first-order valence-electron chi connectivity index (χ1n) is 16.2. The van der Waals surface area contributed by atoms with Crippen molar-refractivity contribution in [2.75, 3.05) is 0 Å². The van der Waals surface area contributed by atoms with Gasteiger partial charge < -0.3 is 13.9 Å². The van der Waals surface area contributed by atoms with Crippen LogP contribution in [0.2, 0.25) is 0 Å². The highest BCUT2D eigenvalue weighted by Gasteiger charge is 2.44. The molecule has 0 saturated heterocycles. The van der Waals surface area contributed by atoms with Gasteiger partial charge in [0.15, 0.2) is 0 Å². The summed E-state index contributed by atoms with van der Waals surface area (Å²) in [6.45, 7) is 0.0602. The van der Waals surface area contributed by atoms with E-state index in [4.69, 9.17) is 4.74 Å². The molecule has 0 fully saturated rings. The lowest BCUT2D eigenvalue weighted by Crippen LogP contribution is -2.53. The number of nitrogens with zero attached hydrogens (tertiary/aromatic N) is 2. The van der Waals surface area contributed by atoms with Gasteiger partial charge in [0.1, 0.15) is 11.5 Å². The number of ether oxygens (including phenoxy) is 1. The van der Waals surface area contributed by atoms with Crippen LogP contribution in [-0.4, -0.2) is 15.8 Å². The van der Waals surface area contributed by atoms with Crippen LogP contribution in [0.4, 0.5) is 0 Å². The summed E-state index contributed by atoms with van der Waals surface area (Å²) in [6.07, 6.45) is 3.31. The number of fused-ring (bicyclic) bond motifs is 10. The number of aromatic nitrogens is 2. The Morgan fingerprint density at radius 2 is 1.17 bits per heavy atom. The van der Waals surface area contributed by atoms with Crippen LogP contribution in [0, 0.1) is 0 Å². The number of para-hydroxylation sites is 4. The first-order chi connectivity index (χ1) is 22.8. The first-order valence-corrected chi connectivity index (χ1v) is 16.2. The average molecular weight is 587 g/mol. The maximum atomic E-state index is 7.13. The molecule has 4 heteroatoms. The van der Waals surface area contributed by atoms with Gasteiger partial charge in [0.25, 0.3) is 6.71 Å². The number of allylic oxidation sites excluding steroid dienone is 4. The minimum absolute atomic E-state index is 0.0602. The second-order valence-corrected chi connectivity index (χ2v) is 12.8. The maximum absolute atomic E-state index is 7.13. The molecule has 2 aliphatic heterocycles. The molecule has 0 bridgehead atoms. The lowest BCUT2D eigenvalue weighted by molar-refractivity contribution is 0.379. The summed E-state index contributed by atoms with van der Waals surface area (Å²) in [7, 11) is 0.